The monoisotopic (exact) mass is 743 g/mol. The summed E-state index contributed by atoms with van der Waals surface area (Å²) in [5.74, 6) is 1.99. The third kappa shape index (κ3) is 5.28. The Bertz CT molecular complexity index is 3500. The number of allylic oxidation sites excluding steroid dienone is 4. The van der Waals surface area contributed by atoms with Crippen molar-refractivity contribution in [3.63, 3.8) is 0 Å². The van der Waals surface area contributed by atoms with Gasteiger partial charge in [-0.1, -0.05) is 146 Å². The van der Waals surface area contributed by atoms with E-state index in [4.69, 9.17) is 23.8 Å². The summed E-state index contributed by atoms with van der Waals surface area (Å²) in [4.78, 5) is 15.7. The first kappa shape index (κ1) is 32.6. The molecule has 11 aromatic rings. The summed E-state index contributed by atoms with van der Waals surface area (Å²) in [5.41, 5.74) is 9.80. The smallest absolute Gasteiger partial charge is 0.164 e. The largest absolute Gasteiger partial charge is 0.456 e. The van der Waals surface area contributed by atoms with Crippen molar-refractivity contribution >= 4 is 71.0 Å². The Labute approximate surface area is 333 Å². The van der Waals surface area contributed by atoms with Gasteiger partial charge in [-0.15, -0.1) is 0 Å². The minimum atomic E-state index is -0.0114. The van der Waals surface area contributed by atoms with Gasteiger partial charge in [-0.25, -0.2) is 15.0 Å². The van der Waals surface area contributed by atoms with Crippen LogP contribution in [0.4, 0.5) is 0 Å². The van der Waals surface area contributed by atoms with Crippen LogP contribution >= 0.6 is 0 Å². The van der Waals surface area contributed by atoms with Crippen molar-refractivity contribution in [2.75, 3.05) is 0 Å². The van der Waals surface area contributed by atoms with Gasteiger partial charge in [-0.05, 0) is 81.2 Å². The minimum Gasteiger partial charge on any atom is -0.456 e. The van der Waals surface area contributed by atoms with E-state index in [-0.39, 0.29) is 5.92 Å². The topological polar surface area (TPSA) is 65.0 Å². The molecule has 1 aliphatic rings. The Hall–Kier alpha value is -7.63. The number of hydrogen-bond donors (Lipinski definition) is 0. The number of hydrogen-bond acceptors (Lipinski definition) is 5. The average molecular weight is 744 g/mol. The van der Waals surface area contributed by atoms with E-state index in [1.54, 1.807) is 0 Å². The van der Waals surface area contributed by atoms with E-state index in [0.717, 1.165) is 94.5 Å². The van der Waals surface area contributed by atoms with Gasteiger partial charge in [0, 0.05) is 44.0 Å². The Morgan fingerprint density at radius 2 is 1.17 bits per heavy atom. The molecule has 0 amide bonds. The van der Waals surface area contributed by atoms with Gasteiger partial charge < -0.3 is 8.83 Å². The fourth-order valence-corrected chi connectivity index (χ4v) is 8.77. The van der Waals surface area contributed by atoms with Crippen molar-refractivity contribution in [2.24, 2.45) is 0 Å². The summed E-state index contributed by atoms with van der Waals surface area (Å²) in [6.07, 6.45) is 7.50. The highest BCUT2D eigenvalue weighted by molar-refractivity contribution is 6.20. The first-order valence-electron chi connectivity index (χ1n) is 19.7. The number of rotatable bonds is 5. The predicted octanol–water partition coefficient (Wildman–Crippen LogP) is 14.1. The van der Waals surface area contributed by atoms with Crippen LogP contribution in [0.2, 0.25) is 0 Å². The minimum absolute atomic E-state index is 0.0114. The fraction of sp³-hybridized carbons (Fsp3) is 0.0377. The van der Waals surface area contributed by atoms with Crippen molar-refractivity contribution in [1.29, 1.82) is 0 Å². The maximum Gasteiger partial charge on any atom is 0.164 e. The van der Waals surface area contributed by atoms with Gasteiger partial charge >= 0.3 is 0 Å². The zero-order chi connectivity index (χ0) is 38.2. The molecule has 8 aromatic carbocycles. The molecule has 0 aliphatic heterocycles. The van der Waals surface area contributed by atoms with Gasteiger partial charge in [0.05, 0.1) is 0 Å². The lowest BCUT2D eigenvalue weighted by atomic mass is 9.92. The van der Waals surface area contributed by atoms with Crippen LogP contribution in [0.1, 0.15) is 23.7 Å². The predicted molar refractivity (Wildman–Crippen MR) is 237 cm³/mol. The molecule has 3 heterocycles. The first-order valence-corrected chi connectivity index (χ1v) is 19.7. The number of benzene rings is 8. The van der Waals surface area contributed by atoms with Crippen LogP contribution in [0.5, 0.6) is 0 Å². The quantitative estimate of drug-likeness (QED) is 0.176. The molecule has 0 N–H and O–H groups in total. The van der Waals surface area contributed by atoms with E-state index >= 15 is 0 Å². The van der Waals surface area contributed by atoms with Gasteiger partial charge in [0.1, 0.15) is 28.2 Å². The summed E-state index contributed by atoms with van der Waals surface area (Å²) in [6, 6.07) is 57.0. The SMILES string of the molecule is C1=CC(c2nc(-c3ccc4ccccc4c3)nc(-c3cccc4oc5ccc(-c6cccc7oc8c9ccccc9ccc8c67)cc5c34)n2)CC=C1c1ccccc1. The standard InChI is InChI=1S/C53H33N3O2/c1-2-10-32(11-3-1)34-20-23-36(24-21-34)51-54-52(39-25-22-33-12-4-5-14-37(33)30-39)56-53(55-51)43-17-9-18-46-49(43)44-31-38(27-29-45(44)57-46)40-16-8-19-47-48(40)42-28-26-35-13-6-7-15-41(35)50(42)58-47/h1-23,25-31,36H,24H2. The number of aromatic nitrogens is 3. The Kier molecular flexibility index (Phi) is 7.29. The number of fused-ring (bicyclic) bond motifs is 9. The van der Waals surface area contributed by atoms with Crippen molar-refractivity contribution in [3.8, 4) is 33.9 Å². The molecule has 272 valence electrons. The van der Waals surface area contributed by atoms with Crippen LogP contribution < -0.4 is 0 Å². The van der Waals surface area contributed by atoms with E-state index in [2.05, 4.69) is 164 Å². The maximum absolute atomic E-state index is 6.56. The molecule has 0 spiro atoms. The Morgan fingerprint density at radius 1 is 0.448 bits per heavy atom. The molecule has 5 heteroatoms. The van der Waals surface area contributed by atoms with Crippen LogP contribution in [0, 0.1) is 0 Å². The molecule has 0 fully saturated rings. The molecule has 1 aliphatic carbocycles. The van der Waals surface area contributed by atoms with Crippen molar-refractivity contribution in [1.82, 2.24) is 15.0 Å². The molecule has 0 bridgehead atoms. The molecule has 3 aromatic heterocycles. The highest BCUT2D eigenvalue weighted by Crippen LogP contribution is 2.43. The van der Waals surface area contributed by atoms with E-state index in [0.29, 0.717) is 11.6 Å². The van der Waals surface area contributed by atoms with Crippen molar-refractivity contribution < 1.29 is 8.83 Å². The van der Waals surface area contributed by atoms with Gasteiger partial charge in [0.2, 0.25) is 0 Å². The number of nitrogens with zero attached hydrogens (tertiary/aromatic N) is 3. The van der Waals surface area contributed by atoms with Crippen LogP contribution in [-0.4, -0.2) is 15.0 Å². The van der Waals surface area contributed by atoms with Crippen molar-refractivity contribution in [2.45, 2.75) is 12.3 Å². The molecule has 5 nitrogen and oxygen atoms in total. The second kappa shape index (κ2) is 13.0. The summed E-state index contributed by atoms with van der Waals surface area (Å²) in [6.45, 7) is 0. The molecule has 0 saturated carbocycles. The lowest BCUT2D eigenvalue weighted by molar-refractivity contribution is 0.669. The Balaban J connectivity index is 1.03. The zero-order valence-electron chi connectivity index (χ0n) is 31.3. The third-order valence-corrected chi connectivity index (χ3v) is 11.6. The van der Waals surface area contributed by atoms with E-state index in [1.165, 1.54) is 16.5 Å². The summed E-state index contributed by atoms with van der Waals surface area (Å²) < 4.78 is 13.1. The van der Waals surface area contributed by atoms with E-state index < -0.39 is 0 Å². The molecule has 1 unspecified atom stereocenters. The third-order valence-electron chi connectivity index (χ3n) is 11.6. The van der Waals surface area contributed by atoms with Gasteiger partial charge in [-0.3, -0.25) is 0 Å². The molecule has 12 rings (SSSR count). The van der Waals surface area contributed by atoms with Crippen LogP contribution in [0.25, 0.3) is 105 Å². The fourth-order valence-electron chi connectivity index (χ4n) is 8.77. The van der Waals surface area contributed by atoms with Crippen LogP contribution in [-0.2, 0) is 0 Å². The van der Waals surface area contributed by atoms with Gasteiger partial charge in [-0.2, -0.15) is 0 Å². The van der Waals surface area contributed by atoms with Crippen LogP contribution in [0.15, 0.2) is 191 Å². The van der Waals surface area contributed by atoms with E-state index in [9.17, 15) is 0 Å². The molecule has 0 radical (unpaired) electrons. The Morgan fingerprint density at radius 3 is 2.03 bits per heavy atom. The lowest BCUT2D eigenvalue weighted by Crippen LogP contribution is -2.08. The molecule has 0 saturated heterocycles. The lowest BCUT2D eigenvalue weighted by Gasteiger charge is -2.17. The maximum atomic E-state index is 6.56. The summed E-state index contributed by atoms with van der Waals surface area (Å²) in [5, 5.41) is 8.76. The highest BCUT2D eigenvalue weighted by Gasteiger charge is 2.22. The molecular weight excluding hydrogens is 711 g/mol. The summed E-state index contributed by atoms with van der Waals surface area (Å²) in [7, 11) is 0. The van der Waals surface area contributed by atoms with Crippen molar-refractivity contribution in [3.05, 3.63) is 193 Å². The highest BCUT2D eigenvalue weighted by atomic mass is 16.3. The molecular formula is C53H33N3O2. The van der Waals surface area contributed by atoms with E-state index in [1.807, 2.05) is 18.2 Å². The number of furan rings is 2. The molecule has 1 atom stereocenters. The normalized spacial score (nSPS) is 14.3. The zero-order valence-corrected chi connectivity index (χ0v) is 31.3. The molecule has 58 heavy (non-hydrogen) atoms. The van der Waals surface area contributed by atoms with Gasteiger partial charge in [0.25, 0.3) is 0 Å². The first-order chi connectivity index (χ1) is 28.7. The average Bonchev–Trinajstić information content (AvgIpc) is 3.88. The van der Waals surface area contributed by atoms with Crippen LogP contribution in [0.3, 0.4) is 0 Å². The second-order valence-electron chi connectivity index (χ2n) is 15.1. The summed E-state index contributed by atoms with van der Waals surface area (Å²) >= 11 is 0. The second-order valence-corrected chi connectivity index (χ2v) is 15.1. The van der Waals surface area contributed by atoms with Gasteiger partial charge in [0.15, 0.2) is 11.6 Å².